The fourth-order valence-electron chi connectivity index (χ4n) is 3.68. The third kappa shape index (κ3) is 4.18. The van der Waals surface area contributed by atoms with E-state index in [0.717, 1.165) is 25.0 Å². The van der Waals surface area contributed by atoms with Gasteiger partial charge in [-0.25, -0.2) is 13.4 Å². The van der Waals surface area contributed by atoms with Gasteiger partial charge in [-0.05, 0) is 62.9 Å². The predicted molar refractivity (Wildman–Crippen MR) is 106 cm³/mol. The van der Waals surface area contributed by atoms with Crippen LogP contribution in [0.1, 0.15) is 50.0 Å². The first-order chi connectivity index (χ1) is 14.1. The number of pyridine rings is 1. The van der Waals surface area contributed by atoms with E-state index in [9.17, 15) is 21.6 Å². The van der Waals surface area contributed by atoms with E-state index >= 15 is 0 Å². The maximum atomic E-state index is 13.3. The molecule has 2 aliphatic rings. The van der Waals surface area contributed by atoms with Crippen molar-refractivity contribution in [3.8, 4) is 0 Å². The van der Waals surface area contributed by atoms with Crippen LogP contribution >= 0.6 is 0 Å². The number of benzene rings is 1. The molecule has 2 heterocycles. The highest BCUT2D eigenvalue weighted by molar-refractivity contribution is 7.92. The second-order valence-corrected chi connectivity index (χ2v) is 10.6. The number of nitrogens with one attached hydrogen (secondary N) is 1. The number of rotatable bonds is 5. The van der Waals surface area contributed by atoms with Gasteiger partial charge >= 0.3 is 6.18 Å². The molecule has 0 amide bonds. The molecule has 30 heavy (non-hydrogen) atoms. The molecule has 4 rings (SSSR count). The molecule has 162 valence electrons. The van der Waals surface area contributed by atoms with E-state index in [-0.39, 0.29) is 24.3 Å². The molecular formula is C21H23F3N2O3S. The van der Waals surface area contributed by atoms with E-state index in [0.29, 0.717) is 23.6 Å². The fraction of sp³-hybridized carbons (Fsp3) is 0.476. The van der Waals surface area contributed by atoms with Gasteiger partial charge in [0.2, 0.25) is 0 Å². The summed E-state index contributed by atoms with van der Waals surface area (Å²) in [5, 5.41) is 3.30. The maximum Gasteiger partial charge on any atom is 0.416 e. The lowest BCUT2D eigenvalue weighted by Crippen LogP contribution is -2.42. The van der Waals surface area contributed by atoms with Gasteiger partial charge < -0.3 is 10.1 Å². The molecule has 9 heteroatoms. The zero-order valence-corrected chi connectivity index (χ0v) is 17.3. The molecule has 2 fully saturated rings. The molecule has 2 atom stereocenters. The van der Waals surface area contributed by atoms with Crippen molar-refractivity contribution < 1.29 is 26.3 Å². The van der Waals surface area contributed by atoms with Crippen LogP contribution in [0, 0.1) is 0 Å². The number of halogens is 3. The maximum absolute atomic E-state index is 13.3. The lowest BCUT2D eigenvalue weighted by Gasteiger charge is -2.37. The van der Waals surface area contributed by atoms with Gasteiger partial charge in [0.05, 0.1) is 20.9 Å². The van der Waals surface area contributed by atoms with Crippen LogP contribution in [0.15, 0.2) is 47.4 Å². The Hall–Kier alpha value is -2.13. The van der Waals surface area contributed by atoms with Gasteiger partial charge in [0, 0.05) is 12.6 Å². The summed E-state index contributed by atoms with van der Waals surface area (Å²) in [5.74, 6) is 0.714. The second kappa shape index (κ2) is 7.53. The standard InChI is InChI=1S/C21H23F3N2O3S/c1-20(30(27,28)16-5-2-4-14(12-16)21(22,23)24)10-11-29-18(13-20)17-6-3-7-19(26-17)25-15-8-9-15/h2-7,12,15,18H,8-11,13H2,1H3,(H,25,26). The first-order valence-electron chi connectivity index (χ1n) is 9.85. The Morgan fingerprint density at radius 3 is 2.60 bits per heavy atom. The summed E-state index contributed by atoms with van der Waals surface area (Å²) in [6, 6.07) is 9.83. The van der Waals surface area contributed by atoms with Crippen LogP contribution in [0.2, 0.25) is 0 Å². The Morgan fingerprint density at radius 1 is 1.17 bits per heavy atom. The first kappa shape index (κ1) is 21.1. The summed E-state index contributed by atoms with van der Waals surface area (Å²) < 4.78 is 70.4. The Balaban J connectivity index is 1.61. The predicted octanol–water partition coefficient (Wildman–Crippen LogP) is 4.76. The summed E-state index contributed by atoms with van der Waals surface area (Å²) in [7, 11) is -4.03. The Kier molecular flexibility index (Phi) is 5.30. The largest absolute Gasteiger partial charge is 0.416 e. The molecule has 1 saturated heterocycles. The molecule has 1 aliphatic carbocycles. The zero-order chi connectivity index (χ0) is 21.6. The number of nitrogens with zero attached hydrogens (tertiary/aromatic N) is 1. The molecule has 1 aromatic heterocycles. The lowest BCUT2D eigenvalue weighted by molar-refractivity contribution is -0.137. The molecular weight excluding hydrogens is 417 g/mol. The van der Waals surface area contributed by atoms with E-state index < -0.39 is 32.4 Å². The van der Waals surface area contributed by atoms with Gasteiger partial charge in [-0.2, -0.15) is 13.2 Å². The topological polar surface area (TPSA) is 68.3 Å². The van der Waals surface area contributed by atoms with E-state index in [4.69, 9.17) is 4.74 Å². The molecule has 1 saturated carbocycles. The summed E-state index contributed by atoms with van der Waals surface area (Å²) in [6.45, 7) is 1.76. The van der Waals surface area contributed by atoms with Crippen molar-refractivity contribution in [3.05, 3.63) is 53.7 Å². The van der Waals surface area contributed by atoms with Crippen molar-refractivity contribution in [3.63, 3.8) is 0 Å². The smallest absolute Gasteiger partial charge is 0.372 e. The van der Waals surface area contributed by atoms with Gasteiger partial charge in [-0.3, -0.25) is 0 Å². The average molecular weight is 440 g/mol. The van der Waals surface area contributed by atoms with E-state index in [1.54, 1.807) is 13.0 Å². The average Bonchev–Trinajstić information content (AvgIpc) is 3.51. The van der Waals surface area contributed by atoms with Gasteiger partial charge in [0.1, 0.15) is 11.9 Å². The SMILES string of the molecule is CC1(S(=O)(=O)c2cccc(C(F)(F)F)c2)CCOC(c2cccc(NC3CC3)n2)C1. The third-order valence-electron chi connectivity index (χ3n) is 5.72. The molecule has 1 N–H and O–H groups in total. The molecule has 5 nitrogen and oxygen atoms in total. The minimum atomic E-state index is -4.61. The van der Waals surface area contributed by atoms with Crippen LogP contribution in [0.25, 0.3) is 0 Å². The highest BCUT2D eigenvalue weighted by Crippen LogP contribution is 2.42. The van der Waals surface area contributed by atoms with Crippen LogP contribution in [-0.4, -0.2) is 30.8 Å². The van der Waals surface area contributed by atoms with E-state index in [1.807, 2.05) is 12.1 Å². The first-order valence-corrected chi connectivity index (χ1v) is 11.3. The van der Waals surface area contributed by atoms with Crippen LogP contribution in [-0.2, 0) is 20.8 Å². The summed E-state index contributed by atoms with van der Waals surface area (Å²) in [4.78, 5) is 4.24. The van der Waals surface area contributed by atoms with Crippen molar-refractivity contribution in [2.45, 2.75) is 60.6 Å². The lowest BCUT2D eigenvalue weighted by atomic mass is 9.94. The minimum Gasteiger partial charge on any atom is -0.372 e. The second-order valence-electron chi connectivity index (χ2n) is 8.16. The number of sulfone groups is 1. The van der Waals surface area contributed by atoms with Crippen LogP contribution in [0.4, 0.5) is 19.0 Å². The Labute approximate surface area is 173 Å². The zero-order valence-electron chi connectivity index (χ0n) is 16.4. The summed E-state index contributed by atoms with van der Waals surface area (Å²) in [6.07, 6.45) is -2.65. The number of aromatic nitrogens is 1. The van der Waals surface area contributed by atoms with Crippen LogP contribution in [0.3, 0.4) is 0 Å². The summed E-state index contributed by atoms with van der Waals surface area (Å²) >= 11 is 0. The highest BCUT2D eigenvalue weighted by atomic mass is 32.2. The van der Waals surface area contributed by atoms with Gasteiger partial charge in [-0.1, -0.05) is 12.1 Å². The number of alkyl halides is 3. The molecule has 0 bridgehead atoms. The monoisotopic (exact) mass is 440 g/mol. The molecule has 2 unspecified atom stereocenters. The number of anilines is 1. The number of ether oxygens (including phenoxy) is 1. The van der Waals surface area contributed by atoms with Crippen molar-refractivity contribution >= 4 is 15.7 Å². The molecule has 1 aromatic carbocycles. The quantitative estimate of drug-likeness (QED) is 0.726. The van der Waals surface area contributed by atoms with Crippen LogP contribution < -0.4 is 5.32 Å². The molecule has 0 spiro atoms. The van der Waals surface area contributed by atoms with Crippen molar-refractivity contribution in [2.24, 2.45) is 0 Å². The molecule has 2 aromatic rings. The number of hydrogen-bond donors (Lipinski definition) is 1. The Bertz CT molecular complexity index is 1040. The molecule has 1 aliphatic heterocycles. The van der Waals surface area contributed by atoms with Crippen molar-refractivity contribution in [2.75, 3.05) is 11.9 Å². The van der Waals surface area contributed by atoms with E-state index in [1.165, 1.54) is 6.07 Å². The van der Waals surface area contributed by atoms with Gasteiger partial charge in [-0.15, -0.1) is 0 Å². The molecule has 0 radical (unpaired) electrons. The summed E-state index contributed by atoms with van der Waals surface area (Å²) in [5.41, 5.74) is -0.359. The van der Waals surface area contributed by atoms with Crippen molar-refractivity contribution in [1.82, 2.24) is 4.98 Å². The van der Waals surface area contributed by atoms with Gasteiger partial charge in [0.15, 0.2) is 9.84 Å². The highest BCUT2D eigenvalue weighted by Gasteiger charge is 2.46. The van der Waals surface area contributed by atoms with Crippen molar-refractivity contribution in [1.29, 1.82) is 0 Å². The van der Waals surface area contributed by atoms with Crippen LogP contribution in [0.5, 0.6) is 0 Å². The van der Waals surface area contributed by atoms with E-state index in [2.05, 4.69) is 10.3 Å². The third-order valence-corrected chi connectivity index (χ3v) is 8.26. The normalized spacial score (nSPS) is 25.1. The van der Waals surface area contributed by atoms with Gasteiger partial charge in [0.25, 0.3) is 0 Å². The number of hydrogen-bond acceptors (Lipinski definition) is 5. The minimum absolute atomic E-state index is 0.117. The Morgan fingerprint density at radius 2 is 1.90 bits per heavy atom. The fourth-order valence-corrected chi connectivity index (χ4v) is 5.51.